The predicted octanol–water partition coefficient (Wildman–Crippen LogP) is 4.80. The maximum absolute atomic E-state index is 13.0. The lowest BCUT2D eigenvalue weighted by molar-refractivity contribution is -0.137. The fourth-order valence-corrected chi connectivity index (χ4v) is 2.82. The lowest BCUT2D eigenvalue weighted by Crippen LogP contribution is -2.33. The van der Waals surface area contributed by atoms with Gasteiger partial charge in [-0.2, -0.15) is 13.2 Å². The van der Waals surface area contributed by atoms with Crippen LogP contribution in [0.1, 0.15) is 43.2 Å². The second kappa shape index (κ2) is 6.96. The predicted molar refractivity (Wildman–Crippen MR) is 97.0 cm³/mol. The first-order valence-electron chi connectivity index (χ1n) is 8.69. The summed E-state index contributed by atoms with van der Waals surface area (Å²) >= 11 is 0. The summed E-state index contributed by atoms with van der Waals surface area (Å²) < 4.78 is 44.3. The Balaban J connectivity index is 1.76. The molecule has 0 aliphatic carbocycles. The van der Waals surface area contributed by atoms with Crippen molar-refractivity contribution in [2.24, 2.45) is 0 Å². The molecule has 0 atom stereocenters. The minimum absolute atomic E-state index is 0.170. The van der Waals surface area contributed by atoms with Gasteiger partial charge in [-0.05, 0) is 51.5 Å². The number of aryl methyl sites for hydroxylation is 1. The molecule has 1 N–H and O–H groups in total. The van der Waals surface area contributed by atoms with Crippen molar-refractivity contribution in [3.8, 4) is 0 Å². The molecule has 1 aromatic carbocycles. The standard InChI is InChI=1S/C19H21F3N4O2/c1-11-5-13(19(20,21)22)7-14(6-11)24-16-23-8-12-9-26(10-15(12)25-16)17(27)28-18(2,3)4/h5-8H,9-10H2,1-4H3,(H,23,24,25). The summed E-state index contributed by atoms with van der Waals surface area (Å²) in [6.45, 7) is 7.52. The van der Waals surface area contributed by atoms with Gasteiger partial charge in [0.25, 0.3) is 0 Å². The lowest BCUT2D eigenvalue weighted by Gasteiger charge is -2.23. The molecule has 0 radical (unpaired) electrons. The Labute approximate surface area is 160 Å². The number of alkyl halides is 3. The summed E-state index contributed by atoms with van der Waals surface area (Å²) in [5.74, 6) is 0.170. The van der Waals surface area contributed by atoms with Crippen LogP contribution in [0.15, 0.2) is 24.4 Å². The molecule has 0 saturated heterocycles. The van der Waals surface area contributed by atoms with E-state index in [1.165, 1.54) is 4.90 Å². The van der Waals surface area contributed by atoms with Gasteiger partial charge in [0.05, 0.1) is 24.3 Å². The number of fused-ring (bicyclic) bond motifs is 1. The van der Waals surface area contributed by atoms with Gasteiger partial charge in [-0.25, -0.2) is 14.8 Å². The van der Waals surface area contributed by atoms with Gasteiger partial charge in [0.1, 0.15) is 5.60 Å². The topological polar surface area (TPSA) is 67.4 Å². The fraction of sp³-hybridized carbons (Fsp3) is 0.421. The number of benzene rings is 1. The average Bonchev–Trinajstić information content (AvgIpc) is 2.95. The van der Waals surface area contributed by atoms with Gasteiger partial charge in [0, 0.05) is 17.4 Å². The van der Waals surface area contributed by atoms with E-state index in [1.807, 2.05) is 0 Å². The third kappa shape index (κ3) is 4.71. The van der Waals surface area contributed by atoms with E-state index in [0.717, 1.165) is 17.7 Å². The monoisotopic (exact) mass is 394 g/mol. The zero-order chi connectivity index (χ0) is 20.7. The van der Waals surface area contributed by atoms with Crippen molar-refractivity contribution in [3.05, 3.63) is 46.8 Å². The van der Waals surface area contributed by atoms with Crippen molar-refractivity contribution in [2.75, 3.05) is 5.32 Å². The molecule has 3 rings (SSSR count). The molecule has 1 aliphatic heterocycles. The van der Waals surface area contributed by atoms with Crippen LogP contribution < -0.4 is 5.32 Å². The van der Waals surface area contributed by atoms with Gasteiger partial charge < -0.3 is 10.1 Å². The highest BCUT2D eigenvalue weighted by Crippen LogP contribution is 2.32. The van der Waals surface area contributed by atoms with Crippen LogP contribution in [0.2, 0.25) is 0 Å². The number of carbonyl (C=O) groups is 1. The summed E-state index contributed by atoms with van der Waals surface area (Å²) in [5, 5.41) is 2.81. The average molecular weight is 394 g/mol. The van der Waals surface area contributed by atoms with E-state index in [1.54, 1.807) is 40.0 Å². The molecule has 0 saturated carbocycles. The van der Waals surface area contributed by atoms with Crippen LogP contribution in [0.4, 0.5) is 29.6 Å². The van der Waals surface area contributed by atoms with Crippen molar-refractivity contribution >= 4 is 17.7 Å². The molecule has 150 valence electrons. The molecule has 0 bridgehead atoms. The van der Waals surface area contributed by atoms with E-state index in [2.05, 4.69) is 15.3 Å². The quantitative estimate of drug-likeness (QED) is 0.793. The zero-order valence-corrected chi connectivity index (χ0v) is 16.0. The van der Waals surface area contributed by atoms with Gasteiger partial charge in [0.15, 0.2) is 0 Å². The summed E-state index contributed by atoms with van der Waals surface area (Å²) in [7, 11) is 0. The first-order chi connectivity index (χ1) is 12.9. The molecule has 0 fully saturated rings. The van der Waals surface area contributed by atoms with E-state index in [0.29, 0.717) is 17.8 Å². The molecule has 2 heterocycles. The Morgan fingerprint density at radius 2 is 1.89 bits per heavy atom. The summed E-state index contributed by atoms with van der Waals surface area (Å²) in [4.78, 5) is 22.2. The van der Waals surface area contributed by atoms with Crippen LogP contribution in [-0.4, -0.2) is 26.6 Å². The van der Waals surface area contributed by atoms with E-state index < -0.39 is 23.4 Å². The number of rotatable bonds is 2. The highest BCUT2D eigenvalue weighted by atomic mass is 19.4. The van der Waals surface area contributed by atoms with Crippen LogP contribution in [0.5, 0.6) is 0 Å². The maximum Gasteiger partial charge on any atom is 0.416 e. The number of anilines is 2. The SMILES string of the molecule is Cc1cc(Nc2ncc3c(n2)CN(C(=O)OC(C)(C)C)C3)cc(C(F)(F)F)c1. The highest BCUT2D eigenvalue weighted by Gasteiger charge is 2.31. The number of carbonyl (C=O) groups excluding carboxylic acids is 1. The second-order valence-corrected chi connectivity index (χ2v) is 7.71. The fourth-order valence-electron chi connectivity index (χ4n) is 2.82. The van der Waals surface area contributed by atoms with Gasteiger partial charge >= 0.3 is 12.3 Å². The molecule has 28 heavy (non-hydrogen) atoms. The maximum atomic E-state index is 13.0. The third-order valence-electron chi connectivity index (χ3n) is 3.97. The first kappa shape index (κ1) is 19.9. The molecule has 1 aliphatic rings. The molecule has 0 spiro atoms. The third-order valence-corrected chi connectivity index (χ3v) is 3.97. The minimum atomic E-state index is -4.44. The Bertz CT molecular complexity index is 907. The minimum Gasteiger partial charge on any atom is -0.444 e. The molecule has 1 amide bonds. The number of hydrogen-bond acceptors (Lipinski definition) is 5. The van der Waals surface area contributed by atoms with Crippen molar-refractivity contribution in [2.45, 2.75) is 52.6 Å². The number of nitrogens with one attached hydrogen (secondary N) is 1. The van der Waals surface area contributed by atoms with E-state index in [4.69, 9.17) is 4.74 Å². The zero-order valence-electron chi connectivity index (χ0n) is 16.0. The van der Waals surface area contributed by atoms with Crippen molar-refractivity contribution in [3.63, 3.8) is 0 Å². The number of ether oxygens (including phenoxy) is 1. The highest BCUT2D eigenvalue weighted by molar-refractivity contribution is 5.69. The Kier molecular flexibility index (Phi) is 4.95. The summed E-state index contributed by atoms with van der Waals surface area (Å²) in [6, 6.07) is 3.67. The molecule has 0 unspecified atom stereocenters. The van der Waals surface area contributed by atoms with E-state index in [-0.39, 0.29) is 18.2 Å². The molecular weight excluding hydrogens is 373 g/mol. The largest absolute Gasteiger partial charge is 0.444 e. The van der Waals surface area contributed by atoms with Gasteiger partial charge in [-0.1, -0.05) is 0 Å². The number of nitrogens with zero attached hydrogens (tertiary/aromatic N) is 3. The van der Waals surface area contributed by atoms with Gasteiger partial charge in [-0.15, -0.1) is 0 Å². The Hall–Kier alpha value is -2.84. The Morgan fingerprint density at radius 3 is 2.54 bits per heavy atom. The molecule has 2 aromatic rings. The molecular formula is C19H21F3N4O2. The molecule has 9 heteroatoms. The van der Waals surface area contributed by atoms with Crippen LogP contribution >= 0.6 is 0 Å². The smallest absolute Gasteiger partial charge is 0.416 e. The van der Waals surface area contributed by atoms with Crippen LogP contribution in [-0.2, 0) is 24.0 Å². The second-order valence-electron chi connectivity index (χ2n) is 7.71. The van der Waals surface area contributed by atoms with Crippen molar-refractivity contribution in [1.29, 1.82) is 0 Å². The van der Waals surface area contributed by atoms with Crippen molar-refractivity contribution < 1.29 is 22.7 Å². The Morgan fingerprint density at radius 1 is 1.18 bits per heavy atom. The summed E-state index contributed by atoms with van der Waals surface area (Å²) in [6.07, 6.45) is -3.32. The molecule has 1 aromatic heterocycles. The number of halogens is 3. The van der Waals surface area contributed by atoms with Crippen LogP contribution in [0, 0.1) is 6.92 Å². The van der Waals surface area contributed by atoms with Crippen LogP contribution in [0.3, 0.4) is 0 Å². The van der Waals surface area contributed by atoms with Crippen molar-refractivity contribution in [1.82, 2.24) is 14.9 Å². The van der Waals surface area contributed by atoms with Crippen LogP contribution in [0.25, 0.3) is 0 Å². The summed E-state index contributed by atoms with van der Waals surface area (Å²) in [5.41, 5.74) is 0.769. The molecule has 6 nitrogen and oxygen atoms in total. The van der Waals surface area contributed by atoms with E-state index >= 15 is 0 Å². The van der Waals surface area contributed by atoms with E-state index in [9.17, 15) is 18.0 Å². The normalized spacial score (nSPS) is 14.0. The van der Waals surface area contributed by atoms with Gasteiger partial charge in [0.2, 0.25) is 5.95 Å². The number of hydrogen-bond donors (Lipinski definition) is 1. The first-order valence-corrected chi connectivity index (χ1v) is 8.69. The van der Waals surface area contributed by atoms with Gasteiger partial charge in [-0.3, -0.25) is 4.90 Å². The number of amides is 1. The lowest BCUT2D eigenvalue weighted by atomic mass is 10.1. The number of aromatic nitrogens is 2.